The zero-order chi connectivity index (χ0) is 14.0. The third kappa shape index (κ3) is 2.71. The van der Waals surface area contributed by atoms with Gasteiger partial charge in [0.15, 0.2) is 0 Å². The number of nitrogens with two attached hydrogens (primary N) is 2. The SMILES string of the molecule is Cc1cc(C)c(CN)c(N2CCCCC2C(N)=O)n1. The van der Waals surface area contributed by atoms with Crippen LogP contribution in [0, 0.1) is 13.8 Å². The van der Waals surface area contributed by atoms with Gasteiger partial charge in [0.2, 0.25) is 5.91 Å². The normalized spacial score (nSPS) is 19.5. The second kappa shape index (κ2) is 5.57. The second-order valence-electron chi connectivity index (χ2n) is 5.19. The summed E-state index contributed by atoms with van der Waals surface area (Å²) in [7, 11) is 0. The molecule has 5 heteroatoms. The lowest BCUT2D eigenvalue weighted by molar-refractivity contribution is -0.119. The van der Waals surface area contributed by atoms with Gasteiger partial charge < -0.3 is 16.4 Å². The van der Waals surface area contributed by atoms with Crippen molar-refractivity contribution in [1.29, 1.82) is 0 Å². The third-order valence-corrected chi connectivity index (χ3v) is 3.76. The van der Waals surface area contributed by atoms with Gasteiger partial charge in [-0.1, -0.05) is 0 Å². The number of hydrogen-bond acceptors (Lipinski definition) is 4. The number of amides is 1. The molecule has 0 spiro atoms. The summed E-state index contributed by atoms with van der Waals surface area (Å²) < 4.78 is 0. The fourth-order valence-corrected chi connectivity index (χ4v) is 2.81. The molecule has 1 unspecified atom stereocenters. The van der Waals surface area contributed by atoms with Gasteiger partial charge in [0.1, 0.15) is 11.9 Å². The summed E-state index contributed by atoms with van der Waals surface area (Å²) in [5, 5.41) is 0. The monoisotopic (exact) mass is 262 g/mol. The number of hydrogen-bond donors (Lipinski definition) is 2. The molecule has 5 nitrogen and oxygen atoms in total. The number of aromatic nitrogens is 1. The molecule has 1 aliphatic heterocycles. The van der Waals surface area contributed by atoms with Crippen molar-refractivity contribution in [3.8, 4) is 0 Å². The van der Waals surface area contributed by atoms with Crippen molar-refractivity contribution in [2.75, 3.05) is 11.4 Å². The van der Waals surface area contributed by atoms with Crippen molar-refractivity contribution in [1.82, 2.24) is 4.98 Å². The number of aryl methyl sites for hydroxylation is 2. The summed E-state index contributed by atoms with van der Waals surface area (Å²) in [4.78, 5) is 18.3. The average Bonchev–Trinajstić information content (AvgIpc) is 2.37. The van der Waals surface area contributed by atoms with Crippen molar-refractivity contribution in [2.24, 2.45) is 11.5 Å². The number of primary amides is 1. The second-order valence-corrected chi connectivity index (χ2v) is 5.19. The molecule has 0 radical (unpaired) electrons. The van der Waals surface area contributed by atoms with E-state index in [-0.39, 0.29) is 11.9 Å². The predicted octanol–water partition coefficient (Wildman–Crippen LogP) is 1.00. The number of nitrogens with zero attached hydrogens (tertiary/aromatic N) is 2. The van der Waals surface area contributed by atoms with Gasteiger partial charge in [-0.25, -0.2) is 4.98 Å². The molecule has 0 saturated carbocycles. The first-order chi connectivity index (χ1) is 9.04. The van der Waals surface area contributed by atoms with Gasteiger partial charge in [-0.2, -0.15) is 0 Å². The first-order valence-corrected chi connectivity index (χ1v) is 6.77. The zero-order valence-corrected chi connectivity index (χ0v) is 11.6. The van der Waals surface area contributed by atoms with Crippen molar-refractivity contribution in [3.63, 3.8) is 0 Å². The minimum Gasteiger partial charge on any atom is -0.368 e. The summed E-state index contributed by atoms with van der Waals surface area (Å²) >= 11 is 0. The van der Waals surface area contributed by atoms with Crippen LogP contribution in [0.3, 0.4) is 0 Å². The highest BCUT2D eigenvalue weighted by molar-refractivity contribution is 5.83. The lowest BCUT2D eigenvalue weighted by atomic mass is 9.99. The van der Waals surface area contributed by atoms with Crippen LogP contribution in [0.25, 0.3) is 0 Å². The van der Waals surface area contributed by atoms with E-state index in [1.807, 2.05) is 24.8 Å². The van der Waals surface area contributed by atoms with Crippen molar-refractivity contribution >= 4 is 11.7 Å². The van der Waals surface area contributed by atoms with E-state index >= 15 is 0 Å². The molecule has 0 aromatic carbocycles. The smallest absolute Gasteiger partial charge is 0.240 e. The maximum atomic E-state index is 11.6. The Morgan fingerprint density at radius 3 is 2.84 bits per heavy atom. The van der Waals surface area contributed by atoms with Crippen LogP contribution in [-0.4, -0.2) is 23.5 Å². The fourth-order valence-electron chi connectivity index (χ4n) is 2.81. The highest BCUT2D eigenvalue weighted by Gasteiger charge is 2.29. The number of rotatable bonds is 3. The summed E-state index contributed by atoms with van der Waals surface area (Å²) in [5.41, 5.74) is 14.4. The molecule has 1 aromatic heterocycles. The molecule has 2 heterocycles. The Balaban J connectivity index is 2.46. The first-order valence-electron chi connectivity index (χ1n) is 6.77. The minimum atomic E-state index is -0.274. The summed E-state index contributed by atoms with van der Waals surface area (Å²) in [6, 6.07) is 1.77. The Hall–Kier alpha value is -1.62. The van der Waals surface area contributed by atoms with E-state index in [9.17, 15) is 4.79 Å². The van der Waals surface area contributed by atoms with Crippen LogP contribution in [0.5, 0.6) is 0 Å². The van der Waals surface area contributed by atoms with Crippen LogP contribution in [0.1, 0.15) is 36.1 Å². The maximum Gasteiger partial charge on any atom is 0.240 e. The summed E-state index contributed by atoms with van der Waals surface area (Å²) in [5.74, 6) is 0.562. The highest BCUT2D eigenvalue weighted by atomic mass is 16.1. The molecular formula is C14H22N4O. The molecule has 1 saturated heterocycles. The van der Waals surface area contributed by atoms with Gasteiger partial charge in [0.25, 0.3) is 0 Å². The average molecular weight is 262 g/mol. The largest absolute Gasteiger partial charge is 0.368 e. The van der Waals surface area contributed by atoms with Crippen LogP contribution in [0.15, 0.2) is 6.07 Å². The highest BCUT2D eigenvalue weighted by Crippen LogP contribution is 2.28. The van der Waals surface area contributed by atoms with Gasteiger partial charge in [-0.3, -0.25) is 4.79 Å². The number of piperidine rings is 1. The zero-order valence-electron chi connectivity index (χ0n) is 11.6. The van der Waals surface area contributed by atoms with Crippen LogP contribution in [-0.2, 0) is 11.3 Å². The summed E-state index contributed by atoms with van der Waals surface area (Å²) in [6.07, 6.45) is 2.89. The van der Waals surface area contributed by atoms with Crippen LogP contribution in [0.2, 0.25) is 0 Å². The number of carbonyl (C=O) groups excluding carboxylic acids is 1. The molecule has 0 bridgehead atoms. The molecule has 2 rings (SSSR count). The minimum absolute atomic E-state index is 0.257. The van der Waals surface area contributed by atoms with Crippen molar-refractivity contribution in [2.45, 2.75) is 45.7 Å². The molecule has 0 aliphatic carbocycles. The Kier molecular flexibility index (Phi) is 4.04. The van der Waals surface area contributed by atoms with Crippen LogP contribution >= 0.6 is 0 Å². The third-order valence-electron chi connectivity index (χ3n) is 3.76. The quantitative estimate of drug-likeness (QED) is 0.851. The van der Waals surface area contributed by atoms with Crippen molar-refractivity contribution < 1.29 is 4.79 Å². The predicted molar refractivity (Wildman–Crippen MR) is 75.8 cm³/mol. The number of pyridine rings is 1. The fraction of sp³-hybridized carbons (Fsp3) is 0.571. The lowest BCUT2D eigenvalue weighted by Gasteiger charge is -2.36. The van der Waals surface area contributed by atoms with Gasteiger partial charge in [-0.15, -0.1) is 0 Å². The van der Waals surface area contributed by atoms with Gasteiger partial charge >= 0.3 is 0 Å². The molecule has 1 fully saturated rings. The van der Waals surface area contributed by atoms with E-state index in [2.05, 4.69) is 4.98 Å². The van der Waals surface area contributed by atoms with E-state index < -0.39 is 0 Å². The van der Waals surface area contributed by atoms with Crippen LogP contribution < -0.4 is 16.4 Å². The van der Waals surface area contributed by atoms with E-state index in [4.69, 9.17) is 11.5 Å². The topological polar surface area (TPSA) is 85.2 Å². The maximum absolute atomic E-state index is 11.6. The van der Waals surface area contributed by atoms with E-state index in [0.29, 0.717) is 6.54 Å². The number of anilines is 1. The lowest BCUT2D eigenvalue weighted by Crippen LogP contribution is -2.48. The number of carbonyl (C=O) groups is 1. The molecule has 104 valence electrons. The van der Waals surface area contributed by atoms with Crippen LogP contribution in [0.4, 0.5) is 5.82 Å². The Bertz CT molecular complexity index is 487. The molecule has 1 aliphatic rings. The van der Waals surface area contributed by atoms with E-state index in [1.165, 1.54) is 0 Å². The van der Waals surface area contributed by atoms with Gasteiger partial charge in [-0.05, 0) is 44.7 Å². The van der Waals surface area contributed by atoms with Gasteiger partial charge in [0, 0.05) is 24.3 Å². The molecule has 1 amide bonds. The van der Waals surface area contributed by atoms with E-state index in [0.717, 1.165) is 48.4 Å². The molecule has 19 heavy (non-hydrogen) atoms. The van der Waals surface area contributed by atoms with E-state index in [1.54, 1.807) is 0 Å². The molecule has 1 atom stereocenters. The summed E-state index contributed by atoms with van der Waals surface area (Å²) in [6.45, 7) is 5.23. The Morgan fingerprint density at radius 2 is 2.21 bits per heavy atom. The molecule has 4 N–H and O–H groups in total. The van der Waals surface area contributed by atoms with Crippen molar-refractivity contribution in [3.05, 3.63) is 22.9 Å². The standard InChI is InChI=1S/C14H22N4O/c1-9-7-10(2)17-14(11(9)8-15)18-6-4-3-5-12(18)13(16)19/h7,12H,3-6,8,15H2,1-2H3,(H2,16,19). The van der Waals surface area contributed by atoms with Gasteiger partial charge in [0.05, 0.1) is 0 Å². The Labute approximate surface area is 114 Å². The Morgan fingerprint density at radius 1 is 1.47 bits per heavy atom. The first kappa shape index (κ1) is 13.8. The molecule has 1 aromatic rings. The molecular weight excluding hydrogens is 240 g/mol.